The highest BCUT2D eigenvalue weighted by atomic mass is 32.2. The molecule has 1 N–H and O–H groups in total. The summed E-state index contributed by atoms with van der Waals surface area (Å²) in [6.45, 7) is 0. The van der Waals surface area contributed by atoms with Crippen molar-refractivity contribution in [3.63, 3.8) is 0 Å². The van der Waals surface area contributed by atoms with Crippen LogP contribution in [-0.4, -0.2) is 22.1 Å². The molecule has 0 saturated carbocycles. The minimum atomic E-state index is -1.01. The monoisotopic (exact) mass is 346 g/mol. The average molecular weight is 346 g/mol. The number of nitrogens with zero attached hydrogens (tertiary/aromatic N) is 1. The molecule has 0 aliphatic carbocycles. The van der Waals surface area contributed by atoms with Gasteiger partial charge >= 0.3 is 0 Å². The third-order valence-electron chi connectivity index (χ3n) is 3.07. The minimum absolute atomic E-state index is 0.125. The molecule has 0 heterocycles. The van der Waals surface area contributed by atoms with Crippen LogP contribution in [0.5, 0.6) is 11.5 Å². The van der Waals surface area contributed by atoms with Crippen molar-refractivity contribution in [3.05, 3.63) is 53.8 Å². The number of anilines is 1. The summed E-state index contributed by atoms with van der Waals surface area (Å²) in [4.78, 5) is 11.7. The maximum Gasteiger partial charge on any atom is 0.225 e. The Morgan fingerprint density at radius 1 is 1.29 bits per heavy atom. The van der Waals surface area contributed by atoms with Crippen LogP contribution in [0.3, 0.4) is 0 Å². The van der Waals surface area contributed by atoms with E-state index < -0.39 is 16.6 Å². The van der Waals surface area contributed by atoms with E-state index in [1.807, 2.05) is 0 Å². The molecule has 0 fully saturated rings. The number of ether oxygens (including phenoxy) is 1. The lowest BCUT2D eigenvalue weighted by molar-refractivity contribution is -0.115. The number of carbonyl (C=O) groups is 1. The lowest BCUT2D eigenvalue weighted by Crippen LogP contribution is -2.14. The Bertz CT molecular complexity index is 800. The van der Waals surface area contributed by atoms with Crippen LogP contribution >= 0.6 is 0 Å². The van der Waals surface area contributed by atoms with Gasteiger partial charge in [-0.3, -0.25) is 9.00 Å². The van der Waals surface area contributed by atoms with E-state index >= 15 is 0 Å². The van der Waals surface area contributed by atoms with Crippen LogP contribution in [0.2, 0.25) is 0 Å². The van der Waals surface area contributed by atoms with Gasteiger partial charge in [-0.1, -0.05) is 6.07 Å². The molecule has 0 unspecified atom stereocenters. The predicted octanol–water partition coefficient (Wildman–Crippen LogP) is 3.20. The largest absolute Gasteiger partial charge is 0.456 e. The van der Waals surface area contributed by atoms with E-state index in [2.05, 4.69) is 5.32 Å². The Morgan fingerprint density at radius 2 is 2.00 bits per heavy atom. The van der Waals surface area contributed by atoms with Crippen molar-refractivity contribution in [1.82, 2.24) is 0 Å². The molecule has 124 valence electrons. The molecule has 1 atom stereocenters. The van der Waals surface area contributed by atoms with E-state index in [0.29, 0.717) is 17.2 Å². The fourth-order valence-electron chi connectivity index (χ4n) is 1.89. The molecule has 0 saturated heterocycles. The van der Waals surface area contributed by atoms with Crippen molar-refractivity contribution in [2.75, 3.05) is 17.3 Å². The van der Waals surface area contributed by atoms with Crippen LogP contribution in [0.25, 0.3) is 0 Å². The molecular formula is C17H15FN2O3S. The van der Waals surface area contributed by atoms with E-state index in [1.165, 1.54) is 18.2 Å². The van der Waals surface area contributed by atoms with E-state index in [9.17, 15) is 13.4 Å². The van der Waals surface area contributed by atoms with Crippen LogP contribution in [0.4, 0.5) is 10.1 Å². The number of hydrogen-bond donors (Lipinski definition) is 1. The van der Waals surface area contributed by atoms with Crippen LogP contribution in [0, 0.1) is 17.1 Å². The molecule has 24 heavy (non-hydrogen) atoms. The summed E-state index contributed by atoms with van der Waals surface area (Å²) in [5.41, 5.74) is 0.399. The molecule has 0 aromatic heterocycles. The molecule has 5 nitrogen and oxygen atoms in total. The molecule has 2 aromatic rings. The summed E-state index contributed by atoms with van der Waals surface area (Å²) in [6.07, 6.45) is 1.72. The Balaban J connectivity index is 2.03. The molecule has 0 aliphatic rings. The van der Waals surface area contributed by atoms with Crippen LogP contribution in [0.15, 0.2) is 42.5 Å². The zero-order valence-corrected chi connectivity index (χ0v) is 13.7. The first-order chi connectivity index (χ1) is 11.5. The summed E-state index contributed by atoms with van der Waals surface area (Å²) >= 11 is 0. The lowest BCUT2D eigenvalue weighted by Gasteiger charge is -2.09. The van der Waals surface area contributed by atoms with Crippen LogP contribution in [-0.2, 0) is 15.6 Å². The van der Waals surface area contributed by atoms with E-state index in [1.54, 1.807) is 36.6 Å². The third-order valence-corrected chi connectivity index (χ3v) is 3.85. The minimum Gasteiger partial charge on any atom is -0.456 e. The first-order valence-corrected chi connectivity index (χ1v) is 8.78. The quantitative estimate of drug-likeness (QED) is 0.871. The number of amides is 1. The van der Waals surface area contributed by atoms with Crippen molar-refractivity contribution in [2.45, 2.75) is 6.42 Å². The van der Waals surface area contributed by atoms with Crippen LogP contribution in [0.1, 0.15) is 12.0 Å². The standard InChI is InChI=1S/C17H15FN2O3S/c1-24(22)10-9-17(21)20-12-5-7-13(8-6-12)23-16-4-2-3-15(18)14(16)11-19/h2-8H,9-10H2,1H3,(H,20,21)/t24-/m0/s1. The fourth-order valence-corrected chi connectivity index (χ4v) is 2.36. The van der Waals surface area contributed by atoms with E-state index in [4.69, 9.17) is 10.00 Å². The zero-order valence-electron chi connectivity index (χ0n) is 12.9. The highest BCUT2D eigenvalue weighted by molar-refractivity contribution is 7.84. The first kappa shape index (κ1) is 17.6. The van der Waals surface area contributed by atoms with Gasteiger partial charge in [-0.15, -0.1) is 0 Å². The molecule has 2 aromatic carbocycles. The summed E-state index contributed by atoms with van der Waals surface area (Å²) in [5.74, 6) is -0.0313. The van der Waals surface area contributed by atoms with Gasteiger partial charge in [-0.05, 0) is 36.4 Å². The highest BCUT2D eigenvalue weighted by Crippen LogP contribution is 2.27. The second kappa shape index (κ2) is 8.22. The third kappa shape index (κ3) is 4.89. The highest BCUT2D eigenvalue weighted by Gasteiger charge is 2.10. The number of nitriles is 1. The molecular weight excluding hydrogens is 331 g/mol. The van der Waals surface area contributed by atoms with Crippen molar-refractivity contribution in [2.24, 2.45) is 0 Å². The van der Waals surface area contributed by atoms with E-state index in [0.717, 1.165) is 0 Å². The van der Waals surface area contributed by atoms with Crippen molar-refractivity contribution in [1.29, 1.82) is 5.26 Å². The Labute approximate surface area is 141 Å². The van der Waals surface area contributed by atoms with Gasteiger partial charge in [0, 0.05) is 34.9 Å². The fraction of sp³-hybridized carbons (Fsp3) is 0.176. The second-order valence-corrected chi connectivity index (χ2v) is 6.48. The number of benzene rings is 2. The second-order valence-electron chi connectivity index (χ2n) is 4.93. The number of carbonyl (C=O) groups excluding carboxylic acids is 1. The molecule has 0 aliphatic heterocycles. The summed E-state index contributed by atoms with van der Waals surface area (Å²) in [5, 5.41) is 11.6. The first-order valence-electron chi connectivity index (χ1n) is 7.06. The van der Waals surface area contributed by atoms with Crippen molar-refractivity contribution >= 4 is 22.4 Å². The molecule has 2 rings (SSSR count). The zero-order chi connectivity index (χ0) is 17.5. The number of rotatable bonds is 6. The number of halogens is 1. The van der Waals surface area contributed by atoms with Gasteiger partial charge in [0.25, 0.3) is 0 Å². The smallest absolute Gasteiger partial charge is 0.225 e. The maximum atomic E-state index is 13.5. The van der Waals surface area contributed by atoms with Gasteiger partial charge in [-0.2, -0.15) is 5.26 Å². The predicted molar refractivity (Wildman–Crippen MR) is 89.8 cm³/mol. The Morgan fingerprint density at radius 3 is 2.62 bits per heavy atom. The van der Waals surface area contributed by atoms with Gasteiger partial charge in [0.05, 0.1) is 0 Å². The molecule has 0 spiro atoms. The average Bonchev–Trinajstić information content (AvgIpc) is 2.55. The van der Waals surface area contributed by atoms with Gasteiger partial charge in [0.2, 0.25) is 5.91 Å². The summed E-state index contributed by atoms with van der Waals surface area (Å²) in [6, 6.07) is 12.4. The van der Waals surface area contributed by atoms with Crippen molar-refractivity contribution < 1.29 is 18.1 Å². The maximum absolute atomic E-state index is 13.5. The Hall–Kier alpha value is -2.72. The summed E-state index contributed by atoms with van der Waals surface area (Å²) in [7, 11) is -1.01. The van der Waals surface area contributed by atoms with Crippen molar-refractivity contribution in [3.8, 4) is 17.6 Å². The van der Waals surface area contributed by atoms with E-state index in [-0.39, 0.29) is 23.6 Å². The molecule has 0 bridgehead atoms. The molecule has 7 heteroatoms. The SMILES string of the molecule is C[S@](=O)CCC(=O)Nc1ccc(Oc2cccc(F)c2C#N)cc1. The number of hydrogen-bond acceptors (Lipinski definition) is 4. The molecule has 0 radical (unpaired) electrons. The topological polar surface area (TPSA) is 79.2 Å². The summed E-state index contributed by atoms with van der Waals surface area (Å²) < 4.78 is 30.0. The van der Waals surface area contributed by atoms with Gasteiger partial charge in [0.15, 0.2) is 0 Å². The molecule has 1 amide bonds. The number of nitrogens with one attached hydrogen (secondary N) is 1. The Kier molecular flexibility index (Phi) is 6.04. The van der Waals surface area contributed by atoms with Gasteiger partial charge in [0.1, 0.15) is 28.9 Å². The lowest BCUT2D eigenvalue weighted by atomic mass is 10.2. The van der Waals surface area contributed by atoms with Gasteiger partial charge < -0.3 is 10.1 Å². The van der Waals surface area contributed by atoms with Gasteiger partial charge in [-0.25, -0.2) is 4.39 Å². The van der Waals surface area contributed by atoms with Crippen LogP contribution < -0.4 is 10.1 Å². The normalized spacial score (nSPS) is 11.4.